The van der Waals surface area contributed by atoms with E-state index in [0.717, 1.165) is 32.2 Å². The van der Waals surface area contributed by atoms with E-state index in [4.69, 9.17) is 4.74 Å². The Hall–Kier alpha value is -0.200. The predicted octanol–water partition coefficient (Wildman–Crippen LogP) is 0.713. The third kappa shape index (κ3) is 5.40. The van der Waals surface area contributed by atoms with Crippen molar-refractivity contribution in [2.45, 2.75) is 38.8 Å². The Balaban J connectivity index is 1.35. The molecule has 1 N–H and O–H groups in total. The number of morpholine rings is 1. The van der Waals surface area contributed by atoms with E-state index in [1.165, 1.54) is 58.7 Å². The Kier molecular flexibility index (Phi) is 6.72. The molecule has 0 spiro atoms. The van der Waals surface area contributed by atoms with Crippen LogP contribution in [0.15, 0.2) is 0 Å². The molecule has 5 nitrogen and oxygen atoms in total. The van der Waals surface area contributed by atoms with E-state index >= 15 is 0 Å². The fourth-order valence-corrected chi connectivity index (χ4v) is 4.19. The molecule has 3 heterocycles. The molecule has 134 valence electrons. The Bertz CT molecular complexity index is 338. The molecule has 3 fully saturated rings. The first-order valence-electron chi connectivity index (χ1n) is 9.72. The van der Waals surface area contributed by atoms with Gasteiger partial charge in [0.2, 0.25) is 0 Å². The van der Waals surface area contributed by atoms with Crippen LogP contribution in [0.1, 0.15) is 26.7 Å². The van der Waals surface area contributed by atoms with Gasteiger partial charge in [0.25, 0.3) is 0 Å². The summed E-state index contributed by atoms with van der Waals surface area (Å²) in [6, 6.07) is 0.642. The Morgan fingerprint density at radius 2 is 1.61 bits per heavy atom. The lowest BCUT2D eigenvalue weighted by Gasteiger charge is -2.41. The SMILES string of the molecule is CC(C)N1CCOC(CN2CCN(CC3CCNCC3)CC2)C1. The van der Waals surface area contributed by atoms with Crippen LogP contribution in [0.3, 0.4) is 0 Å². The lowest BCUT2D eigenvalue weighted by Crippen LogP contribution is -2.54. The average molecular weight is 325 g/mol. The minimum absolute atomic E-state index is 0.405. The fourth-order valence-electron chi connectivity index (χ4n) is 4.19. The lowest BCUT2D eigenvalue weighted by molar-refractivity contribution is -0.0567. The number of hydrogen-bond acceptors (Lipinski definition) is 5. The molecule has 0 amide bonds. The standard InChI is InChI=1S/C18H36N4O/c1-16(2)22-11-12-23-18(15-22)14-21-9-7-20(8-10-21)13-17-3-5-19-6-4-17/h16-19H,3-15H2,1-2H3. The molecule has 0 aromatic carbocycles. The van der Waals surface area contributed by atoms with Gasteiger partial charge in [0.1, 0.15) is 0 Å². The first-order valence-corrected chi connectivity index (χ1v) is 9.72. The topological polar surface area (TPSA) is 31.0 Å². The maximum Gasteiger partial charge on any atom is 0.0829 e. The smallest absolute Gasteiger partial charge is 0.0829 e. The summed E-state index contributed by atoms with van der Waals surface area (Å²) in [7, 11) is 0. The number of ether oxygens (including phenoxy) is 1. The lowest BCUT2D eigenvalue weighted by atomic mass is 9.97. The van der Waals surface area contributed by atoms with E-state index in [-0.39, 0.29) is 0 Å². The van der Waals surface area contributed by atoms with Crippen molar-refractivity contribution in [3.8, 4) is 0 Å². The Morgan fingerprint density at radius 1 is 0.957 bits per heavy atom. The van der Waals surface area contributed by atoms with Crippen molar-refractivity contribution in [3.63, 3.8) is 0 Å². The van der Waals surface area contributed by atoms with E-state index in [1.807, 2.05) is 0 Å². The maximum atomic E-state index is 6.01. The summed E-state index contributed by atoms with van der Waals surface area (Å²) in [5.41, 5.74) is 0. The van der Waals surface area contributed by atoms with Crippen LogP contribution in [-0.4, -0.2) is 98.9 Å². The quantitative estimate of drug-likeness (QED) is 0.805. The van der Waals surface area contributed by atoms with E-state index in [9.17, 15) is 0 Å². The monoisotopic (exact) mass is 324 g/mol. The summed E-state index contributed by atoms with van der Waals surface area (Å²) in [5.74, 6) is 0.920. The molecule has 3 aliphatic rings. The van der Waals surface area contributed by atoms with Gasteiger partial charge in [-0.05, 0) is 45.7 Å². The molecular formula is C18H36N4O. The van der Waals surface area contributed by atoms with Crippen molar-refractivity contribution in [3.05, 3.63) is 0 Å². The van der Waals surface area contributed by atoms with E-state index < -0.39 is 0 Å². The molecule has 3 aliphatic heterocycles. The first-order chi connectivity index (χ1) is 11.2. The van der Waals surface area contributed by atoms with Crippen molar-refractivity contribution in [1.29, 1.82) is 0 Å². The largest absolute Gasteiger partial charge is 0.374 e. The van der Waals surface area contributed by atoms with E-state index in [1.54, 1.807) is 0 Å². The number of hydrogen-bond donors (Lipinski definition) is 1. The van der Waals surface area contributed by atoms with Crippen molar-refractivity contribution in [1.82, 2.24) is 20.0 Å². The van der Waals surface area contributed by atoms with Gasteiger partial charge in [0.05, 0.1) is 12.7 Å². The van der Waals surface area contributed by atoms with Crippen LogP contribution in [-0.2, 0) is 4.74 Å². The molecule has 1 unspecified atom stereocenters. The molecule has 1 atom stereocenters. The zero-order valence-corrected chi connectivity index (χ0v) is 15.2. The third-order valence-electron chi connectivity index (χ3n) is 5.80. The molecule has 0 bridgehead atoms. The molecule has 0 aromatic heterocycles. The van der Waals surface area contributed by atoms with Crippen molar-refractivity contribution < 1.29 is 4.74 Å². The summed E-state index contributed by atoms with van der Waals surface area (Å²) in [4.78, 5) is 7.86. The fraction of sp³-hybridized carbons (Fsp3) is 1.00. The summed E-state index contributed by atoms with van der Waals surface area (Å²) in [5, 5.41) is 3.47. The molecule has 3 saturated heterocycles. The minimum Gasteiger partial charge on any atom is -0.374 e. The molecule has 0 saturated carbocycles. The number of piperazine rings is 1. The van der Waals surface area contributed by atoms with Crippen LogP contribution >= 0.6 is 0 Å². The Morgan fingerprint density at radius 3 is 2.26 bits per heavy atom. The summed E-state index contributed by atoms with van der Waals surface area (Å²) < 4.78 is 6.01. The van der Waals surface area contributed by atoms with Crippen LogP contribution in [0.2, 0.25) is 0 Å². The van der Waals surface area contributed by atoms with Gasteiger partial charge in [0, 0.05) is 58.4 Å². The molecule has 0 aliphatic carbocycles. The van der Waals surface area contributed by atoms with Crippen molar-refractivity contribution >= 4 is 0 Å². The predicted molar refractivity (Wildman–Crippen MR) is 94.9 cm³/mol. The zero-order chi connectivity index (χ0) is 16.1. The normalized spacial score (nSPS) is 30.1. The van der Waals surface area contributed by atoms with Gasteiger partial charge in [-0.25, -0.2) is 0 Å². The van der Waals surface area contributed by atoms with Crippen LogP contribution < -0.4 is 5.32 Å². The highest BCUT2D eigenvalue weighted by Crippen LogP contribution is 2.16. The molecular weight excluding hydrogens is 288 g/mol. The molecule has 5 heteroatoms. The third-order valence-corrected chi connectivity index (χ3v) is 5.80. The second kappa shape index (κ2) is 8.77. The van der Waals surface area contributed by atoms with Gasteiger partial charge in [-0.1, -0.05) is 0 Å². The highest BCUT2D eigenvalue weighted by Gasteiger charge is 2.26. The van der Waals surface area contributed by atoms with Crippen LogP contribution in [0, 0.1) is 5.92 Å². The van der Waals surface area contributed by atoms with Gasteiger partial charge in [0.15, 0.2) is 0 Å². The first kappa shape index (κ1) is 17.6. The van der Waals surface area contributed by atoms with Crippen LogP contribution in [0.4, 0.5) is 0 Å². The number of nitrogens with one attached hydrogen (secondary N) is 1. The molecule has 3 rings (SSSR count). The summed E-state index contributed by atoms with van der Waals surface area (Å²) in [6.45, 7) is 17.5. The van der Waals surface area contributed by atoms with E-state index in [2.05, 4.69) is 33.9 Å². The van der Waals surface area contributed by atoms with Gasteiger partial charge in [-0.15, -0.1) is 0 Å². The summed E-state index contributed by atoms with van der Waals surface area (Å²) in [6.07, 6.45) is 3.13. The van der Waals surface area contributed by atoms with Crippen molar-refractivity contribution in [2.24, 2.45) is 5.92 Å². The average Bonchev–Trinajstić information content (AvgIpc) is 2.58. The second-order valence-corrected chi connectivity index (χ2v) is 7.88. The second-order valence-electron chi connectivity index (χ2n) is 7.88. The highest BCUT2D eigenvalue weighted by atomic mass is 16.5. The molecule has 0 radical (unpaired) electrons. The highest BCUT2D eigenvalue weighted by molar-refractivity contribution is 4.81. The van der Waals surface area contributed by atoms with Crippen LogP contribution in [0.25, 0.3) is 0 Å². The zero-order valence-electron chi connectivity index (χ0n) is 15.2. The van der Waals surface area contributed by atoms with Crippen molar-refractivity contribution in [2.75, 3.05) is 72.1 Å². The van der Waals surface area contributed by atoms with Gasteiger partial charge in [-0.3, -0.25) is 9.80 Å². The minimum atomic E-state index is 0.405. The van der Waals surface area contributed by atoms with Gasteiger partial charge in [-0.2, -0.15) is 0 Å². The molecule has 0 aromatic rings. The van der Waals surface area contributed by atoms with Gasteiger partial charge < -0.3 is 15.0 Å². The van der Waals surface area contributed by atoms with Gasteiger partial charge >= 0.3 is 0 Å². The number of nitrogens with zero attached hydrogens (tertiary/aromatic N) is 3. The maximum absolute atomic E-state index is 6.01. The molecule has 23 heavy (non-hydrogen) atoms. The van der Waals surface area contributed by atoms with E-state index in [0.29, 0.717) is 12.1 Å². The van der Waals surface area contributed by atoms with Crippen LogP contribution in [0.5, 0.6) is 0 Å². The number of piperidine rings is 1. The summed E-state index contributed by atoms with van der Waals surface area (Å²) >= 11 is 0. The number of rotatable bonds is 5. The Labute approximate surface area is 142 Å².